The van der Waals surface area contributed by atoms with Crippen LogP contribution >= 0.6 is 0 Å². The minimum Gasteiger partial charge on any atom is -0.367 e. The fraction of sp³-hybridized carbons (Fsp3) is 0.409. The summed E-state index contributed by atoms with van der Waals surface area (Å²) in [6.45, 7) is 4.89. The molecule has 2 N–H and O–H groups in total. The molecule has 332 valence electrons. The fourth-order valence-electron chi connectivity index (χ4n) is 9.37. The second kappa shape index (κ2) is 17.1. The number of nitriles is 1. The second-order valence-electron chi connectivity index (χ2n) is 16.7. The maximum absolute atomic E-state index is 15.5. The van der Waals surface area contributed by atoms with Crippen molar-refractivity contribution in [2.24, 2.45) is 5.92 Å². The molecule has 4 amide bonds. The van der Waals surface area contributed by atoms with Crippen LogP contribution in [0.25, 0.3) is 0 Å². The number of piperidine rings is 2. The van der Waals surface area contributed by atoms with E-state index in [9.17, 15) is 32.3 Å². The zero-order valence-corrected chi connectivity index (χ0v) is 34.4. The second-order valence-corrected chi connectivity index (χ2v) is 16.7. The lowest BCUT2D eigenvalue weighted by molar-refractivity contribution is -0.138. The summed E-state index contributed by atoms with van der Waals surface area (Å²) in [6, 6.07) is 10.2. The van der Waals surface area contributed by atoms with Crippen molar-refractivity contribution in [2.45, 2.75) is 57.4 Å². The molecule has 20 heteroatoms. The number of nitrogens with one attached hydrogen (secondary N) is 2. The fourth-order valence-corrected chi connectivity index (χ4v) is 9.37. The molecule has 1 atom stereocenters. The summed E-state index contributed by atoms with van der Waals surface area (Å²) in [7, 11) is 0. The zero-order chi connectivity index (χ0) is 44.9. The first kappa shape index (κ1) is 42.5. The Morgan fingerprint density at radius 1 is 0.891 bits per heavy atom. The predicted octanol–water partition coefficient (Wildman–Crippen LogP) is 4.78. The van der Waals surface area contributed by atoms with Crippen LogP contribution in [0.4, 0.5) is 45.0 Å². The van der Waals surface area contributed by atoms with Gasteiger partial charge in [-0.2, -0.15) is 22.8 Å². The van der Waals surface area contributed by atoms with Gasteiger partial charge in [-0.25, -0.2) is 19.3 Å². The molecular formula is C44H42F5N11O4. The van der Waals surface area contributed by atoms with Crippen LogP contribution in [-0.2, 0) is 35.3 Å². The van der Waals surface area contributed by atoms with Gasteiger partial charge in [0.15, 0.2) is 0 Å². The van der Waals surface area contributed by atoms with E-state index in [2.05, 4.69) is 30.5 Å². The Labute approximate surface area is 363 Å². The molecule has 5 aliphatic heterocycles. The molecule has 0 aliphatic carbocycles. The molecule has 9 rings (SSSR count). The number of aromatic nitrogens is 3. The maximum Gasteiger partial charge on any atom is 0.417 e. The summed E-state index contributed by atoms with van der Waals surface area (Å²) < 4.78 is 71.7. The highest BCUT2D eigenvalue weighted by Gasteiger charge is 2.40. The summed E-state index contributed by atoms with van der Waals surface area (Å²) in [5.41, 5.74) is 1.22. The van der Waals surface area contributed by atoms with E-state index < -0.39 is 52.8 Å². The molecule has 3 fully saturated rings. The Morgan fingerprint density at radius 2 is 1.67 bits per heavy atom. The van der Waals surface area contributed by atoms with Gasteiger partial charge in [0.05, 0.1) is 40.7 Å². The third kappa shape index (κ3) is 8.39. The van der Waals surface area contributed by atoms with Crippen molar-refractivity contribution in [3.8, 4) is 6.07 Å². The summed E-state index contributed by atoms with van der Waals surface area (Å²) in [5, 5.41) is 14.5. The number of anilines is 4. The van der Waals surface area contributed by atoms with E-state index in [4.69, 9.17) is 5.26 Å². The topological polar surface area (TPSA) is 171 Å². The molecule has 2 aromatic heterocycles. The van der Waals surface area contributed by atoms with E-state index in [-0.39, 0.29) is 48.8 Å². The molecule has 0 bridgehead atoms. The summed E-state index contributed by atoms with van der Waals surface area (Å²) in [4.78, 5) is 72.4. The molecule has 7 heterocycles. The number of carbonyl (C=O) groups is 4. The standard InChI is InChI=1S/C44H42F5N11O4/c45-33-19-31-27(22-60(43(31)64)35-4-6-38(61)55-41(35)62)17-36(33)57-15-13-56(14-16-57)21-25-7-10-58(11-8-25)42(63)30-3-5-37(53-39(30)46)54-40-29-9-12-59(23-34(29)51-24-52-40)28-2-1-26(20-50)32(18-28)44(47,48)49/h1-3,5,17-19,24-25,35H,4,6-16,21-23H2,(H,55,61,62)(H,51,52,53,54). The largest absolute Gasteiger partial charge is 0.417 e. The van der Waals surface area contributed by atoms with Gasteiger partial charge in [0.2, 0.25) is 17.8 Å². The van der Waals surface area contributed by atoms with E-state index in [1.165, 1.54) is 35.5 Å². The number of piperazine rings is 1. The first-order chi connectivity index (χ1) is 30.7. The first-order valence-corrected chi connectivity index (χ1v) is 21.1. The molecule has 2 aromatic carbocycles. The van der Waals surface area contributed by atoms with Crippen molar-refractivity contribution in [2.75, 3.05) is 67.5 Å². The highest BCUT2D eigenvalue weighted by molar-refractivity contribution is 6.05. The number of imide groups is 1. The number of carbonyl (C=O) groups excluding carboxylic acids is 4. The van der Waals surface area contributed by atoms with Gasteiger partial charge in [-0.15, -0.1) is 0 Å². The molecule has 64 heavy (non-hydrogen) atoms. The number of amides is 4. The van der Waals surface area contributed by atoms with Crippen LogP contribution in [0, 0.1) is 29.0 Å². The Bertz CT molecular complexity index is 2590. The van der Waals surface area contributed by atoms with Crippen LogP contribution in [0.15, 0.2) is 48.8 Å². The molecule has 1 unspecified atom stereocenters. The van der Waals surface area contributed by atoms with Gasteiger partial charge in [-0.1, -0.05) is 0 Å². The van der Waals surface area contributed by atoms with Crippen molar-refractivity contribution in [3.05, 3.63) is 99.6 Å². The minimum atomic E-state index is -4.69. The Hall–Kier alpha value is -6.75. The highest BCUT2D eigenvalue weighted by atomic mass is 19.4. The summed E-state index contributed by atoms with van der Waals surface area (Å²) in [6.07, 6.45) is -1.21. The first-order valence-electron chi connectivity index (χ1n) is 21.1. The summed E-state index contributed by atoms with van der Waals surface area (Å²) >= 11 is 0. The molecular weight excluding hydrogens is 842 g/mol. The maximum atomic E-state index is 15.5. The van der Waals surface area contributed by atoms with Crippen molar-refractivity contribution < 1.29 is 41.1 Å². The van der Waals surface area contributed by atoms with Gasteiger partial charge < -0.3 is 24.9 Å². The van der Waals surface area contributed by atoms with Gasteiger partial charge in [0, 0.05) is 82.1 Å². The van der Waals surface area contributed by atoms with Gasteiger partial charge in [0.1, 0.15) is 29.8 Å². The normalized spacial score (nSPS) is 19.6. The Kier molecular flexibility index (Phi) is 11.4. The van der Waals surface area contributed by atoms with Gasteiger partial charge in [-0.3, -0.25) is 29.4 Å². The van der Waals surface area contributed by atoms with Crippen molar-refractivity contribution >= 4 is 46.6 Å². The molecule has 15 nitrogen and oxygen atoms in total. The highest BCUT2D eigenvalue weighted by Crippen LogP contribution is 2.37. The van der Waals surface area contributed by atoms with Crippen LogP contribution < -0.4 is 20.4 Å². The van der Waals surface area contributed by atoms with E-state index in [1.807, 2.05) is 4.90 Å². The number of rotatable bonds is 8. The van der Waals surface area contributed by atoms with Gasteiger partial charge in [-0.05, 0) is 79.6 Å². The zero-order valence-electron chi connectivity index (χ0n) is 34.4. The molecule has 0 saturated carbocycles. The van der Waals surface area contributed by atoms with E-state index in [0.717, 1.165) is 31.5 Å². The van der Waals surface area contributed by atoms with Crippen LogP contribution in [0.5, 0.6) is 0 Å². The molecule has 4 aromatic rings. The average Bonchev–Trinajstić information content (AvgIpc) is 3.59. The average molecular weight is 884 g/mol. The Morgan fingerprint density at radius 3 is 2.39 bits per heavy atom. The van der Waals surface area contributed by atoms with Crippen LogP contribution in [0.3, 0.4) is 0 Å². The van der Waals surface area contributed by atoms with Crippen molar-refractivity contribution in [1.29, 1.82) is 5.26 Å². The number of fused-ring (bicyclic) bond motifs is 2. The lowest BCUT2D eigenvalue weighted by atomic mass is 9.95. The number of pyridine rings is 1. The molecule has 3 saturated heterocycles. The van der Waals surface area contributed by atoms with E-state index >= 15 is 8.78 Å². The predicted molar refractivity (Wildman–Crippen MR) is 220 cm³/mol. The monoisotopic (exact) mass is 883 g/mol. The quantitative estimate of drug-likeness (QED) is 0.141. The van der Waals surface area contributed by atoms with Gasteiger partial charge >= 0.3 is 6.18 Å². The number of hydrogen-bond acceptors (Lipinski definition) is 12. The van der Waals surface area contributed by atoms with Crippen molar-refractivity contribution in [1.82, 2.24) is 35.0 Å². The lowest BCUT2D eigenvalue weighted by Gasteiger charge is -2.39. The number of alkyl halides is 3. The van der Waals surface area contributed by atoms with Crippen LogP contribution in [-0.4, -0.2) is 112 Å². The molecule has 0 radical (unpaired) electrons. The molecule has 5 aliphatic rings. The van der Waals surface area contributed by atoms with E-state index in [1.54, 1.807) is 21.9 Å². The third-order valence-electron chi connectivity index (χ3n) is 12.8. The lowest BCUT2D eigenvalue weighted by Crippen LogP contribution is -2.52. The molecule has 0 spiro atoms. The number of nitrogens with zero attached hydrogens (tertiary/aromatic N) is 9. The third-order valence-corrected chi connectivity index (χ3v) is 12.8. The number of benzene rings is 2. The number of halogens is 5. The van der Waals surface area contributed by atoms with E-state index in [0.29, 0.717) is 92.2 Å². The number of likely N-dealkylation sites (tertiary alicyclic amines) is 1. The smallest absolute Gasteiger partial charge is 0.367 e. The van der Waals surface area contributed by atoms with Crippen LogP contribution in [0.2, 0.25) is 0 Å². The SMILES string of the molecule is N#Cc1ccc(N2CCc3c(ncnc3Nc3ccc(C(=O)N4CCC(CN5CCN(c6cc7c(cc6F)C(=O)N(C6CCC(=O)NC6=O)C7)CC5)CC4)c(F)n3)C2)cc1C(F)(F)F. The Balaban J connectivity index is 0.755. The number of hydrogen-bond donors (Lipinski definition) is 2. The minimum absolute atomic E-state index is 0.114. The summed E-state index contributed by atoms with van der Waals surface area (Å²) in [5.74, 6) is -2.43. The van der Waals surface area contributed by atoms with Crippen molar-refractivity contribution in [3.63, 3.8) is 0 Å². The van der Waals surface area contributed by atoms with Gasteiger partial charge in [0.25, 0.3) is 11.8 Å². The van der Waals surface area contributed by atoms with Crippen LogP contribution in [0.1, 0.15) is 74.3 Å².